The number of alkyl halides is 3. The average molecular weight is 594 g/mol. The number of rotatable bonds is 8. The Morgan fingerprint density at radius 1 is 1.27 bits per heavy atom. The van der Waals surface area contributed by atoms with Crippen molar-refractivity contribution >= 4 is 33.5 Å². The molecule has 2 aliphatic rings. The summed E-state index contributed by atoms with van der Waals surface area (Å²) in [5.74, 6) is 5.96. The summed E-state index contributed by atoms with van der Waals surface area (Å²) in [6.45, 7) is 8.00. The van der Waals surface area contributed by atoms with Crippen molar-refractivity contribution in [1.82, 2.24) is 25.8 Å². The van der Waals surface area contributed by atoms with Gasteiger partial charge in [-0.05, 0) is 30.9 Å². The highest BCUT2D eigenvalue weighted by molar-refractivity contribution is 7.15. The van der Waals surface area contributed by atoms with E-state index in [1.807, 2.05) is 27.7 Å². The lowest BCUT2D eigenvalue weighted by molar-refractivity contribution is 0.102. The zero-order chi connectivity index (χ0) is 30.5. The highest BCUT2D eigenvalue weighted by Crippen LogP contribution is 2.33. The van der Waals surface area contributed by atoms with Crippen LogP contribution < -0.4 is 21.7 Å². The molecule has 1 aliphatic carbocycles. The van der Waals surface area contributed by atoms with Crippen LogP contribution >= 0.6 is 11.3 Å². The summed E-state index contributed by atoms with van der Waals surface area (Å²) in [7, 11) is 2.92. The molecule has 2 unspecified atom stereocenters. The van der Waals surface area contributed by atoms with E-state index in [0.29, 0.717) is 10.9 Å². The summed E-state index contributed by atoms with van der Waals surface area (Å²) in [6.07, 6.45) is 2.57. The number of pyridine rings is 1. The van der Waals surface area contributed by atoms with Crippen LogP contribution in [0.2, 0.25) is 0 Å². The largest absolute Gasteiger partial charge is 0.495 e. The van der Waals surface area contributed by atoms with Gasteiger partial charge in [0.05, 0.1) is 18.4 Å². The fourth-order valence-electron chi connectivity index (χ4n) is 3.44. The summed E-state index contributed by atoms with van der Waals surface area (Å²) in [5, 5.41) is 16.5. The number of nitrogens with zero attached hydrogens (tertiary/aromatic N) is 3. The topological polar surface area (TPSA) is 127 Å². The number of carbonyl (C=O) groups is 1. The van der Waals surface area contributed by atoms with Gasteiger partial charge in [0, 0.05) is 49.7 Å². The van der Waals surface area contributed by atoms with Gasteiger partial charge in [-0.25, -0.2) is 13.2 Å². The summed E-state index contributed by atoms with van der Waals surface area (Å²) in [5.41, 5.74) is 5.98. The third kappa shape index (κ3) is 9.06. The Morgan fingerprint density at radius 2 is 1.98 bits per heavy atom. The molecule has 2 aromatic heterocycles. The van der Waals surface area contributed by atoms with Crippen molar-refractivity contribution in [1.29, 1.82) is 0 Å². The zero-order valence-electron chi connectivity index (χ0n) is 23.9. The first-order valence-electron chi connectivity index (χ1n) is 13.3. The lowest BCUT2D eigenvalue weighted by atomic mass is 9.94. The molecule has 41 heavy (non-hydrogen) atoms. The number of carbonyl (C=O) groups excluding carboxylic acids is 1. The van der Waals surface area contributed by atoms with Gasteiger partial charge in [-0.1, -0.05) is 45.0 Å². The van der Waals surface area contributed by atoms with E-state index >= 15 is 0 Å². The predicted molar refractivity (Wildman–Crippen MR) is 159 cm³/mol. The molecule has 1 amide bonds. The first-order chi connectivity index (χ1) is 19.8. The molecule has 0 saturated heterocycles. The van der Waals surface area contributed by atoms with Crippen molar-refractivity contribution in [2.45, 2.75) is 59.3 Å². The van der Waals surface area contributed by atoms with Crippen LogP contribution in [-0.4, -0.2) is 54.0 Å². The first-order valence-corrected chi connectivity index (χ1v) is 14.1. The van der Waals surface area contributed by atoms with E-state index < -0.39 is 24.7 Å². The van der Waals surface area contributed by atoms with E-state index in [4.69, 9.17) is 10.5 Å². The Morgan fingerprint density at radius 3 is 2.56 bits per heavy atom. The van der Waals surface area contributed by atoms with Crippen LogP contribution in [0.25, 0.3) is 11.1 Å². The molecule has 9 nitrogen and oxygen atoms in total. The Kier molecular flexibility index (Phi) is 13.3. The van der Waals surface area contributed by atoms with Gasteiger partial charge in [0.2, 0.25) is 5.13 Å². The third-order valence-corrected chi connectivity index (χ3v) is 6.20. The van der Waals surface area contributed by atoms with Gasteiger partial charge in [0.15, 0.2) is 11.3 Å². The maximum Gasteiger partial charge on any atom is 0.261 e. The maximum atomic E-state index is 14.2. The minimum Gasteiger partial charge on any atom is -0.495 e. The fourth-order valence-corrected chi connectivity index (χ4v) is 4.04. The highest BCUT2D eigenvalue weighted by atomic mass is 32.1. The second-order valence-corrected chi connectivity index (χ2v) is 9.11. The Bertz CT molecular complexity index is 1330. The minimum atomic E-state index is -2.74. The highest BCUT2D eigenvalue weighted by Gasteiger charge is 2.28. The van der Waals surface area contributed by atoms with E-state index in [1.165, 1.54) is 37.8 Å². The monoisotopic (exact) mass is 593 g/mol. The van der Waals surface area contributed by atoms with Crippen molar-refractivity contribution in [3.8, 4) is 11.8 Å². The van der Waals surface area contributed by atoms with E-state index in [-0.39, 0.29) is 40.3 Å². The number of aromatic nitrogens is 3. The van der Waals surface area contributed by atoms with Crippen LogP contribution in [0.15, 0.2) is 36.5 Å². The van der Waals surface area contributed by atoms with Crippen molar-refractivity contribution in [3.63, 3.8) is 0 Å². The lowest BCUT2D eigenvalue weighted by Crippen LogP contribution is -2.33. The van der Waals surface area contributed by atoms with Gasteiger partial charge >= 0.3 is 0 Å². The number of ether oxygens (including phenoxy) is 1. The van der Waals surface area contributed by atoms with Gasteiger partial charge in [-0.2, -0.15) is 0 Å². The number of amides is 1. The molecule has 0 bridgehead atoms. The van der Waals surface area contributed by atoms with E-state index in [0.717, 1.165) is 24.2 Å². The van der Waals surface area contributed by atoms with Crippen LogP contribution in [0.5, 0.6) is 0 Å². The molecule has 1 aliphatic heterocycles. The standard InChI is InChI=1S/C24H24F3N7O2S.2C2H6.H2/c1-29-9-16(22(27)28)17-7-13(14-8-18(21(25)26)31-11-19(14)36-2)15(10-30-17)23(35)32-24-34-33-20(37-24)6-5-12-3-4-12;2*1-2;/h7-12,18,21-22,29,31H,3-4,28H2,1-2H3,(H,32,34,35);2*1-2H3;1H/b16-9-;;;. The van der Waals surface area contributed by atoms with Gasteiger partial charge in [0.1, 0.15) is 11.8 Å². The quantitative estimate of drug-likeness (QED) is 0.244. The van der Waals surface area contributed by atoms with Crippen LogP contribution in [-0.2, 0) is 4.74 Å². The summed E-state index contributed by atoms with van der Waals surface area (Å²) in [6, 6.07) is 0.0596. The molecule has 2 aromatic rings. The van der Waals surface area contributed by atoms with Crippen LogP contribution in [0.3, 0.4) is 0 Å². The molecule has 0 spiro atoms. The van der Waals surface area contributed by atoms with Gasteiger partial charge < -0.3 is 15.4 Å². The van der Waals surface area contributed by atoms with E-state index in [2.05, 4.69) is 43.0 Å². The Balaban J connectivity index is 0.00000169. The molecule has 2 atom stereocenters. The number of allylic oxidation sites excluding steroid dienone is 1. The molecular formula is C28H38F3N7O2S. The van der Waals surface area contributed by atoms with Crippen LogP contribution in [0, 0.1) is 17.8 Å². The van der Waals surface area contributed by atoms with Crippen molar-refractivity contribution < 1.29 is 24.1 Å². The fraction of sp³-hybridized carbons (Fsp3) is 0.429. The molecular weight excluding hydrogens is 555 g/mol. The minimum absolute atomic E-state index is 0. The summed E-state index contributed by atoms with van der Waals surface area (Å²) >= 11 is 1.10. The normalized spacial score (nSPS) is 16.7. The number of hydrogen-bond donors (Lipinski definition) is 4. The Hall–Kier alpha value is -3.89. The SMILES string of the molecule is CC.CC.CN/C=C(/c1cc(C2=CC(C(F)F)NC=C2OC)c(C(=O)Nc2nnc(C#CC3CC3)s2)cn1)C(N)F.[HH]. The second-order valence-electron chi connectivity index (χ2n) is 8.14. The number of hydrogen-bond acceptors (Lipinski definition) is 9. The number of methoxy groups -OCH3 is 1. The lowest BCUT2D eigenvalue weighted by Gasteiger charge is -2.24. The number of nitrogens with one attached hydrogen (secondary N) is 3. The summed E-state index contributed by atoms with van der Waals surface area (Å²) in [4.78, 5) is 17.5. The maximum absolute atomic E-state index is 14.2. The van der Waals surface area contributed by atoms with Gasteiger partial charge in [-0.3, -0.25) is 20.8 Å². The predicted octanol–water partition coefficient (Wildman–Crippen LogP) is 5.17. The molecule has 224 valence electrons. The van der Waals surface area contributed by atoms with Crippen molar-refractivity contribution in [3.05, 3.63) is 58.3 Å². The van der Waals surface area contributed by atoms with Crippen molar-refractivity contribution in [2.75, 3.05) is 19.5 Å². The molecule has 13 heteroatoms. The smallest absolute Gasteiger partial charge is 0.261 e. The molecule has 5 N–H and O–H groups in total. The molecule has 1 fully saturated rings. The second kappa shape index (κ2) is 16.4. The third-order valence-electron chi connectivity index (χ3n) is 5.45. The average Bonchev–Trinajstić information content (AvgIpc) is 3.73. The van der Waals surface area contributed by atoms with Gasteiger partial charge in [0.25, 0.3) is 12.3 Å². The first kappa shape index (κ1) is 33.3. The number of dihydropyridines is 1. The molecule has 0 radical (unpaired) electrons. The number of halogens is 3. The zero-order valence-corrected chi connectivity index (χ0v) is 24.7. The molecule has 0 aromatic carbocycles. The number of anilines is 1. The molecule has 4 rings (SSSR count). The van der Waals surface area contributed by atoms with Crippen LogP contribution in [0.4, 0.5) is 18.3 Å². The van der Waals surface area contributed by atoms with E-state index in [1.54, 1.807) is 7.05 Å². The summed E-state index contributed by atoms with van der Waals surface area (Å²) < 4.78 is 46.6. The molecule has 3 heterocycles. The molecule has 1 saturated carbocycles. The van der Waals surface area contributed by atoms with Crippen LogP contribution in [0.1, 0.15) is 68.6 Å². The van der Waals surface area contributed by atoms with Gasteiger partial charge in [-0.15, -0.1) is 10.2 Å². The number of nitrogens with two attached hydrogens (primary N) is 1. The Labute approximate surface area is 244 Å². The van der Waals surface area contributed by atoms with E-state index in [9.17, 15) is 18.0 Å². The van der Waals surface area contributed by atoms with Crippen molar-refractivity contribution in [2.24, 2.45) is 11.7 Å².